The van der Waals surface area contributed by atoms with E-state index in [-0.39, 0.29) is 56.9 Å². The van der Waals surface area contributed by atoms with Crippen LogP contribution in [0, 0.1) is 34.5 Å². The number of benzene rings is 3. The number of allylic oxidation sites excluding steroid dienone is 1. The number of para-hydroxylation sites is 3. The number of fused-ring (bicyclic) bond motifs is 3. The summed E-state index contributed by atoms with van der Waals surface area (Å²) in [5.74, 6) is -3.84. The number of carbonyl (C=O) groups excluding carboxylic acids is 4. The summed E-state index contributed by atoms with van der Waals surface area (Å²) in [7, 11) is 3.57. The van der Waals surface area contributed by atoms with Gasteiger partial charge in [0.05, 0.1) is 40.1 Å². The van der Waals surface area contributed by atoms with E-state index in [4.69, 9.17) is 4.74 Å². The Labute approximate surface area is 319 Å². The van der Waals surface area contributed by atoms with E-state index in [2.05, 4.69) is 24.5 Å². The molecule has 8 atom stereocenters. The van der Waals surface area contributed by atoms with Crippen LogP contribution in [0.5, 0.6) is 5.75 Å². The normalized spacial score (nSPS) is 30.0. The lowest BCUT2D eigenvalue weighted by Gasteiger charge is -2.48. The van der Waals surface area contributed by atoms with Gasteiger partial charge in [-0.1, -0.05) is 63.3 Å². The summed E-state index contributed by atoms with van der Waals surface area (Å²) in [6, 6.07) is 17.1. The van der Waals surface area contributed by atoms with Gasteiger partial charge in [0.25, 0.3) is 11.8 Å². The summed E-state index contributed by atoms with van der Waals surface area (Å²) < 4.78 is 6.08. The molecule has 2 bridgehead atoms. The first kappa shape index (κ1) is 38.0. The van der Waals surface area contributed by atoms with Gasteiger partial charge in [0.1, 0.15) is 11.9 Å². The topological polar surface area (TPSA) is 186 Å². The maximum absolute atomic E-state index is 14.7. The van der Waals surface area contributed by atoms with E-state index in [1.165, 1.54) is 30.3 Å². The van der Waals surface area contributed by atoms with Crippen LogP contribution in [0.4, 0.5) is 17.1 Å². The zero-order valence-corrected chi connectivity index (χ0v) is 31.7. The molecule has 12 nitrogen and oxygen atoms in total. The van der Waals surface area contributed by atoms with E-state index in [0.717, 1.165) is 0 Å². The van der Waals surface area contributed by atoms with Crippen molar-refractivity contribution in [2.75, 3.05) is 36.2 Å². The van der Waals surface area contributed by atoms with Crippen LogP contribution in [0.25, 0.3) is 0 Å². The minimum atomic E-state index is -2.34. The molecule has 3 aromatic rings. The number of hydrogen-bond acceptors (Lipinski definition) is 10. The van der Waals surface area contributed by atoms with E-state index in [0.29, 0.717) is 23.2 Å². The highest BCUT2D eigenvalue weighted by Crippen LogP contribution is 2.71. The molecule has 6 N–H and O–H groups in total. The lowest BCUT2D eigenvalue weighted by Crippen LogP contribution is -2.65. The van der Waals surface area contributed by atoms with Gasteiger partial charge in [0, 0.05) is 25.7 Å². The lowest BCUT2D eigenvalue weighted by atomic mass is 9.59. The van der Waals surface area contributed by atoms with Crippen LogP contribution >= 0.6 is 0 Å². The number of esters is 1. The largest absolute Gasteiger partial charge is 0.506 e. The second kappa shape index (κ2) is 13.5. The first-order valence-corrected chi connectivity index (χ1v) is 18.5. The molecule has 2 amide bonds. The monoisotopic (exact) mass is 749 g/mol. The molecule has 4 aliphatic rings. The van der Waals surface area contributed by atoms with Gasteiger partial charge in [-0.25, -0.2) is 4.79 Å². The summed E-state index contributed by atoms with van der Waals surface area (Å²) in [5.41, 5.74) is -3.00. The molecule has 0 saturated heterocycles. The summed E-state index contributed by atoms with van der Waals surface area (Å²) in [5, 5.41) is 51.3. The Balaban J connectivity index is 1.18. The Bertz CT molecular complexity index is 2170. The predicted molar refractivity (Wildman–Crippen MR) is 206 cm³/mol. The second-order valence-corrected chi connectivity index (χ2v) is 16.2. The van der Waals surface area contributed by atoms with Gasteiger partial charge < -0.3 is 40.7 Å². The van der Waals surface area contributed by atoms with Crippen molar-refractivity contribution in [1.82, 2.24) is 0 Å². The van der Waals surface area contributed by atoms with Gasteiger partial charge in [-0.3, -0.25) is 14.4 Å². The molecule has 12 heteroatoms. The first-order valence-electron chi connectivity index (χ1n) is 18.5. The van der Waals surface area contributed by atoms with Crippen LogP contribution in [-0.4, -0.2) is 82.5 Å². The van der Waals surface area contributed by atoms with Crippen molar-refractivity contribution in [3.63, 3.8) is 0 Å². The maximum Gasteiger partial charge on any atom is 0.340 e. The number of hydrogen-bond donors (Lipinski definition) is 6. The Morgan fingerprint density at radius 1 is 0.927 bits per heavy atom. The third kappa shape index (κ3) is 5.68. The first-order chi connectivity index (χ1) is 26.0. The molecule has 0 heterocycles. The molecule has 0 aromatic heterocycles. The van der Waals surface area contributed by atoms with E-state index in [9.17, 15) is 39.6 Å². The number of ketones is 1. The van der Waals surface area contributed by atoms with Gasteiger partial charge in [-0.05, 0) is 84.1 Å². The van der Waals surface area contributed by atoms with Crippen molar-refractivity contribution in [3.05, 3.63) is 107 Å². The molecule has 288 valence electrons. The minimum Gasteiger partial charge on any atom is -0.506 e. The fourth-order valence-electron chi connectivity index (χ4n) is 9.82. The number of phenolic OH excluding ortho intramolecular Hbond substituents is 1. The standard InChI is InChI=1S/C43H47N3O9/c1-22-20-42-23(2)18-29-33(41(29,3)4)28(36(42)50)19-24(21-47)35(49)43(42,54)37(22)55-40(53)25-12-7-9-15-30(25)44-39(52)27-14-11-17-32(48)34(27)45-38(51)26-13-8-10-16-31(26)46(5)6/h7-17,19-20,23,28-29,33,35,37,47-49,54H,18,21H2,1-6H3,(H,44,52)(H,45,51). The summed E-state index contributed by atoms with van der Waals surface area (Å²) >= 11 is 0. The van der Waals surface area contributed by atoms with Crippen molar-refractivity contribution in [1.29, 1.82) is 0 Å². The molecule has 55 heavy (non-hydrogen) atoms. The smallest absolute Gasteiger partial charge is 0.340 e. The zero-order chi connectivity index (χ0) is 39.8. The SMILES string of the molecule is CC1=CC23C(=O)C(C=C(CO)C(O)C2(O)C1OC(=O)c1ccccc1NC(=O)c1cccc(O)c1NC(=O)c1ccccc1N(C)C)C1C(CC3C)C1(C)C. The molecule has 8 unspecified atom stereocenters. The number of aliphatic hydroxyl groups excluding tert-OH is 2. The Hall–Kier alpha value is -5.30. The summed E-state index contributed by atoms with van der Waals surface area (Å²) in [6.07, 6.45) is 0.650. The number of amides is 2. The fourth-order valence-corrected chi connectivity index (χ4v) is 9.82. The van der Waals surface area contributed by atoms with Gasteiger partial charge in [0.15, 0.2) is 17.5 Å². The molecule has 7 rings (SSSR count). The Morgan fingerprint density at radius 3 is 2.25 bits per heavy atom. The Kier molecular flexibility index (Phi) is 9.30. The maximum atomic E-state index is 14.7. The highest BCUT2D eigenvalue weighted by atomic mass is 16.6. The number of phenols is 1. The van der Waals surface area contributed by atoms with Crippen LogP contribution in [0.1, 0.15) is 65.2 Å². The predicted octanol–water partition coefficient (Wildman–Crippen LogP) is 4.96. The van der Waals surface area contributed by atoms with E-state index in [1.54, 1.807) is 74.5 Å². The van der Waals surface area contributed by atoms with Crippen molar-refractivity contribution >= 4 is 40.6 Å². The Morgan fingerprint density at radius 2 is 1.56 bits per heavy atom. The molecule has 2 fully saturated rings. The number of rotatable bonds is 8. The summed E-state index contributed by atoms with van der Waals surface area (Å²) in [4.78, 5) is 57.9. The minimum absolute atomic E-state index is 0.0241. The molecule has 2 saturated carbocycles. The van der Waals surface area contributed by atoms with Crippen molar-refractivity contribution in [2.24, 2.45) is 34.5 Å². The van der Waals surface area contributed by atoms with Crippen LogP contribution in [0.15, 0.2) is 90.0 Å². The number of aliphatic hydroxyl groups is 3. The molecular formula is C43H47N3O9. The average molecular weight is 750 g/mol. The van der Waals surface area contributed by atoms with Gasteiger partial charge in [-0.2, -0.15) is 0 Å². The molecule has 0 aliphatic heterocycles. The molecule has 4 aliphatic carbocycles. The summed E-state index contributed by atoms with van der Waals surface area (Å²) in [6.45, 7) is 7.13. The second-order valence-electron chi connectivity index (χ2n) is 16.2. The molecule has 3 aromatic carbocycles. The van der Waals surface area contributed by atoms with Crippen molar-refractivity contribution in [3.8, 4) is 5.75 Å². The molecule has 0 radical (unpaired) electrons. The van der Waals surface area contributed by atoms with Gasteiger partial charge in [0.2, 0.25) is 0 Å². The van der Waals surface area contributed by atoms with Crippen molar-refractivity contribution < 1.29 is 44.3 Å². The van der Waals surface area contributed by atoms with E-state index in [1.807, 2.05) is 6.92 Å². The number of carbonyl (C=O) groups is 4. The zero-order valence-electron chi connectivity index (χ0n) is 31.7. The number of ether oxygens (including phenoxy) is 1. The quantitative estimate of drug-likeness (QED) is 0.105. The van der Waals surface area contributed by atoms with Crippen LogP contribution < -0.4 is 15.5 Å². The lowest BCUT2D eigenvalue weighted by molar-refractivity contribution is -0.190. The molecular weight excluding hydrogens is 702 g/mol. The van der Waals surface area contributed by atoms with E-state index < -0.39 is 59.5 Å². The highest BCUT2D eigenvalue weighted by Gasteiger charge is 2.76. The molecule has 1 spiro atoms. The number of anilines is 3. The number of nitrogens with one attached hydrogen (secondary N) is 2. The van der Waals surface area contributed by atoms with Crippen molar-refractivity contribution in [2.45, 2.75) is 51.9 Å². The van der Waals surface area contributed by atoms with E-state index >= 15 is 0 Å². The van der Waals surface area contributed by atoms with Crippen LogP contribution in [0.3, 0.4) is 0 Å². The number of nitrogens with zero attached hydrogens (tertiary/aromatic N) is 1. The third-order valence-corrected chi connectivity index (χ3v) is 12.7. The van der Waals surface area contributed by atoms with Gasteiger partial charge >= 0.3 is 5.97 Å². The van der Waals surface area contributed by atoms with Gasteiger partial charge in [-0.15, -0.1) is 0 Å². The third-order valence-electron chi connectivity index (χ3n) is 12.7. The van der Waals surface area contributed by atoms with Crippen LogP contribution in [-0.2, 0) is 9.53 Å². The number of Topliss-reactive ketones (excluding diaryl/α,β-unsaturated/α-hetero) is 1. The number of aromatic hydroxyl groups is 1. The average Bonchev–Trinajstić information content (AvgIpc) is 3.65. The highest BCUT2D eigenvalue weighted by molar-refractivity contribution is 6.16. The van der Waals surface area contributed by atoms with Crippen LogP contribution in [0.2, 0.25) is 0 Å². The fraction of sp³-hybridized carbons (Fsp3) is 0.395.